The SMILES string of the molecule is COC(=O)C[C@H]1CCC(=O)[C@@H]1C/C=C/CO. The van der Waals surface area contributed by atoms with E-state index in [1.165, 1.54) is 7.11 Å². The normalized spacial score (nSPS) is 25.2. The Morgan fingerprint density at radius 1 is 1.56 bits per heavy atom. The van der Waals surface area contributed by atoms with Gasteiger partial charge in [0.1, 0.15) is 5.78 Å². The largest absolute Gasteiger partial charge is 0.469 e. The summed E-state index contributed by atoms with van der Waals surface area (Å²) in [5.74, 6) is -0.0162. The predicted octanol–water partition coefficient (Wildman–Crippen LogP) is 1.08. The molecule has 0 radical (unpaired) electrons. The number of aliphatic hydroxyl groups is 1. The molecule has 0 aromatic heterocycles. The highest BCUT2D eigenvalue weighted by Gasteiger charge is 2.34. The summed E-state index contributed by atoms with van der Waals surface area (Å²) in [5.41, 5.74) is 0. The summed E-state index contributed by atoms with van der Waals surface area (Å²) in [4.78, 5) is 22.8. The lowest BCUT2D eigenvalue weighted by Gasteiger charge is -2.15. The van der Waals surface area contributed by atoms with Gasteiger partial charge in [0.15, 0.2) is 0 Å². The van der Waals surface area contributed by atoms with Crippen molar-refractivity contribution in [2.45, 2.75) is 25.7 Å². The van der Waals surface area contributed by atoms with Gasteiger partial charge in [-0.2, -0.15) is 0 Å². The predicted molar refractivity (Wildman–Crippen MR) is 58.7 cm³/mol. The Morgan fingerprint density at radius 3 is 2.94 bits per heavy atom. The van der Waals surface area contributed by atoms with Crippen molar-refractivity contribution in [2.24, 2.45) is 11.8 Å². The Balaban J connectivity index is 2.52. The van der Waals surface area contributed by atoms with E-state index >= 15 is 0 Å². The van der Waals surface area contributed by atoms with Crippen LogP contribution in [0.25, 0.3) is 0 Å². The summed E-state index contributed by atoms with van der Waals surface area (Å²) in [6.45, 7) is -0.0113. The van der Waals surface area contributed by atoms with Gasteiger partial charge in [-0.05, 0) is 18.8 Å². The van der Waals surface area contributed by atoms with Crippen LogP contribution in [0, 0.1) is 11.8 Å². The fourth-order valence-electron chi connectivity index (χ4n) is 2.16. The molecule has 2 atom stereocenters. The summed E-state index contributed by atoms with van der Waals surface area (Å²) in [5, 5.41) is 8.61. The van der Waals surface area contributed by atoms with Crippen LogP contribution in [0.4, 0.5) is 0 Å². The lowest BCUT2D eigenvalue weighted by molar-refractivity contribution is -0.142. The first-order chi connectivity index (χ1) is 7.69. The molecule has 1 N–H and O–H groups in total. The number of hydrogen-bond donors (Lipinski definition) is 1. The van der Waals surface area contributed by atoms with Gasteiger partial charge in [0.05, 0.1) is 13.7 Å². The molecule has 4 heteroatoms. The first-order valence-corrected chi connectivity index (χ1v) is 5.54. The average Bonchev–Trinajstić information content (AvgIpc) is 2.61. The van der Waals surface area contributed by atoms with Crippen LogP contribution in [0.2, 0.25) is 0 Å². The molecule has 1 saturated carbocycles. The van der Waals surface area contributed by atoms with Crippen LogP contribution < -0.4 is 0 Å². The second kappa shape index (κ2) is 6.43. The van der Waals surface area contributed by atoms with Gasteiger partial charge in [-0.1, -0.05) is 12.2 Å². The minimum absolute atomic E-state index is 0.0113. The highest BCUT2D eigenvalue weighted by molar-refractivity contribution is 5.84. The van der Waals surface area contributed by atoms with Gasteiger partial charge < -0.3 is 9.84 Å². The van der Waals surface area contributed by atoms with E-state index in [1.54, 1.807) is 12.2 Å². The van der Waals surface area contributed by atoms with Crippen molar-refractivity contribution in [3.63, 3.8) is 0 Å². The first kappa shape index (κ1) is 12.9. The molecule has 16 heavy (non-hydrogen) atoms. The van der Waals surface area contributed by atoms with E-state index in [-0.39, 0.29) is 30.2 Å². The number of rotatable bonds is 5. The van der Waals surface area contributed by atoms with Crippen LogP contribution in [0.15, 0.2) is 12.2 Å². The van der Waals surface area contributed by atoms with E-state index in [1.807, 2.05) is 0 Å². The zero-order valence-corrected chi connectivity index (χ0v) is 9.52. The van der Waals surface area contributed by atoms with Crippen LogP contribution in [0.1, 0.15) is 25.7 Å². The number of ketones is 1. The fourth-order valence-corrected chi connectivity index (χ4v) is 2.16. The molecule has 0 aliphatic heterocycles. The molecule has 1 aliphatic carbocycles. The van der Waals surface area contributed by atoms with E-state index in [4.69, 9.17) is 5.11 Å². The number of aliphatic hydroxyl groups excluding tert-OH is 1. The lowest BCUT2D eigenvalue weighted by atomic mass is 9.89. The molecule has 1 rings (SSSR count). The van der Waals surface area contributed by atoms with Gasteiger partial charge in [-0.25, -0.2) is 0 Å². The third-order valence-electron chi connectivity index (χ3n) is 3.06. The van der Waals surface area contributed by atoms with Crippen LogP contribution in [0.3, 0.4) is 0 Å². The molecule has 0 spiro atoms. The molecule has 0 heterocycles. The van der Waals surface area contributed by atoms with Gasteiger partial charge in [0, 0.05) is 18.8 Å². The molecule has 0 aromatic rings. The number of allylic oxidation sites excluding steroid dienone is 1. The summed E-state index contributed by atoms with van der Waals surface area (Å²) >= 11 is 0. The quantitative estimate of drug-likeness (QED) is 0.563. The molecular weight excluding hydrogens is 208 g/mol. The molecule has 4 nitrogen and oxygen atoms in total. The zero-order chi connectivity index (χ0) is 12.0. The van der Waals surface area contributed by atoms with E-state index in [0.29, 0.717) is 19.3 Å². The van der Waals surface area contributed by atoms with E-state index in [0.717, 1.165) is 6.42 Å². The highest BCUT2D eigenvalue weighted by atomic mass is 16.5. The molecule has 1 aliphatic rings. The van der Waals surface area contributed by atoms with Gasteiger partial charge in [0.2, 0.25) is 0 Å². The number of methoxy groups -OCH3 is 1. The second-order valence-electron chi connectivity index (χ2n) is 4.04. The van der Waals surface area contributed by atoms with Gasteiger partial charge in [-0.3, -0.25) is 9.59 Å². The Hall–Kier alpha value is -1.16. The molecular formula is C12H18O4. The number of Topliss-reactive ketones (excluding diaryl/α,β-unsaturated/α-hetero) is 1. The minimum Gasteiger partial charge on any atom is -0.469 e. The monoisotopic (exact) mass is 226 g/mol. The second-order valence-corrected chi connectivity index (χ2v) is 4.04. The number of carbonyl (C=O) groups is 2. The van der Waals surface area contributed by atoms with Gasteiger partial charge >= 0.3 is 5.97 Å². The minimum atomic E-state index is -0.254. The molecule has 0 saturated heterocycles. The van der Waals surface area contributed by atoms with Crippen LogP contribution in [-0.2, 0) is 14.3 Å². The van der Waals surface area contributed by atoms with Crippen LogP contribution in [-0.4, -0.2) is 30.6 Å². The first-order valence-electron chi connectivity index (χ1n) is 5.54. The maximum Gasteiger partial charge on any atom is 0.305 e. The fraction of sp³-hybridized carbons (Fsp3) is 0.667. The highest BCUT2D eigenvalue weighted by Crippen LogP contribution is 2.34. The maximum absolute atomic E-state index is 11.6. The third kappa shape index (κ3) is 3.45. The maximum atomic E-state index is 11.6. The topological polar surface area (TPSA) is 63.6 Å². The Labute approximate surface area is 95.3 Å². The molecule has 1 fully saturated rings. The molecule has 0 amide bonds. The van der Waals surface area contributed by atoms with Crippen molar-refractivity contribution in [2.75, 3.05) is 13.7 Å². The Morgan fingerprint density at radius 2 is 2.31 bits per heavy atom. The van der Waals surface area contributed by atoms with Gasteiger partial charge in [0.25, 0.3) is 0 Å². The van der Waals surface area contributed by atoms with Crippen molar-refractivity contribution in [1.29, 1.82) is 0 Å². The lowest BCUT2D eigenvalue weighted by Crippen LogP contribution is -2.18. The van der Waals surface area contributed by atoms with Crippen LogP contribution >= 0.6 is 0 Å². The van der Waals surface area contributed by atoms with E-state index in [2.05, 4.69) is 4.74 Å². The van der Waals surface area contributed by atoms with Crippen LogP contribution in [0.5, 0.6) is 0 Å². The molecule has 0 aromatic carbocycles. The summed E-state index contributed by atoms with van der Waals surface area (Å²) < 4.78 is 4.61. The zero-order valence-electron chi connectivity index (χ0n) is 9.52. The van der Waals surface area contributed by atoms with Crippen molar-refractivity contribution < 1.29 is 19.4 Å². The standard InChI is InChI=1S/C12H18O4/c1-16-12(15)8-9-5-6-11(14)10(9)4-2-3-7-13/h2-3,9-10,13H,4-8H2,1H3/b3-2+/t9-,10-/m1/s1. The van der Waals surface area contributed by atoms with E-state index in [9.17, 15) is 9.59 Å². The summed E-state index contributed by atoms with van der Waals surface area (Å²) in [6, 6.07) is 0. The Kier molecular flexibility index (Phi) is 5.19. The molecule has 0 unspecified atom stereocenters. The number of esters is 1. The van der Waals surface area contributed by atoms with Crippen molar-refractivity contribution in [3.8, 4) is 0 Å². The molecule has 90 valence electrons. The summed E-state index contributed by atoms with van der Waals surface area (Å²) in [7, 11) is 1.36. The van der Waals surface area contributed by atoms with Crippen molar-refractivity contribution >= 4 is 11.8 Å². The number of carbonyl (C=O) groups excluding carboxylic acids is 2. The molecule has 0 bridgehead atoms. The summed E-state index contributed by atoms with van der Waals surface area (Å²) in [6.07, 6.45) is 5.69. The van der Waals surface area contributed by atoms with Crippen molar-refractivity contribution in [3.05, 3.63) is 12.2 Å². The third-order valence-corrected chi connectivity index (χ3v) is 3.06. The number of ether oxygens (including phenoxy) is 1. The van der Waals surface area contributed by atoms with E-state index < -0.39 is 0 Å². The Bertz CT molecular complexity index is 283. The smallest absolute Gasteiger partial charge is 0.305 e. The van der Waals surface area contributed by atoms with Gasteiger partial charge in [-0.15, -0.1) is 0 Å². The average molecular weight is 226 g/mol. The van der Waals surface area contributed by atoms with Crippen molar-refractivity contribution in [1.82, 2.24) is 0 Å². The number of hydrogen-bond acceptors (Lipinski definition) is 4.